The van der Waals surface area contributed by atoms with Crippen LogP contribution in [0.15, 0.2) is 12.4 Å². The van der Waals surface area contributed by atoms with Gasteiger partial charge in [0.05, 0.1) is 0 Å². The van der Waals surface area contributed by atoms with Crippen molar-refractivity contribution < 1.29 is 0 Å². The van der Waals surface area contributed by atoms with Gasteiger partial charge in [-0.05, 0) is 25.2 Å². The summed E-state index contributed by atoms with van der Waals surface area (Å²) >= 11 is 0. The van der Waals surface area contributed by atoms with Crippen molar-refractivity contribution in [3.63, 3.8) is 0 Å². The molecule has 0 radical (unpaired) electrons. The van der Waals surface area contributed by atoms with Crippen LogP contribution in [0.5, 0.6) is 0 Å². The third-order valence-electron chi connectivity index (χ3n) is 3.41. The summed E-state index contributed by atoms with van der Waals surface area (Å²) in [5.74, 6) is 1.91. The molecule has 3 nitrogen and oxygen atoms in total. The van der Waals surface area contributed by atoms with Crippen molar-refractivity contribution in [2.75, 3.05) is 5.32 Å². The van der Waals surface area contributed by atoms with Gasteiger partial charge in [0, 0.05) is 25.5 Å². The minimum atomic E-state index is 0.621. The van der Waals surface area contributed by atoms with Gasteiger partial charge < -0.3 is 9.88 Å². The van der Waals surface area contributed by atoms with E-state index in [2.05, 4.69) is 17.2 Å². The van der Waals surface area contributed by atoms with Crippen molar-refractivity contribution in [2.24, 2.45) is 13.0 Å². The fourth-order valence-corrected chi connectivity index (χ4v) is 2.32. The number of imidazole rings is 1. The van der Waals surface area contributed by atoms with Gasteiger partial charge in [0.1, 0.15) is 0 Å². The predicted octanol–water partition coefficient (Wildman–Crippen LogP) is 2.80. The minimum Gasteiger partial charge on any atom is -0.353 e. The fourth-order valence-electron chi connectivity index (χ4n) is 2.32. The second kappa shape index (κ2) is 4.69. The molecule has 1 saturated carbocycles. The lowest BCUT2D eigenvalue weighted by Crippen LogP contribution is -2.20. The van der Waals surface area contributed by atoms with Crippen LogP contribution >= 0.6 is 0 Å². The zero-order valence-corrected chi connectivity index (χ0v) is 9.74. The fraction of sp³-hybridized carbons (Fsp3) is 0.750. The normalized spacial score (nSPS) is 27.3. The molecule has 3 heteroatoms. The van der Waals surface area contributed by atoms with E-state index in [9.17, 15) is 0 Å². The molecule has 84 valence electrons. The molecule has 1 aromatic rings. The lowest BCUT2D eigenvalue weighted by atomic mass is 10.0. The Morgan fingerprint density at radius 2 is 2.20 bits per heavy atom. The zero-order valence-electron chi connectivity index (χ0n) is 9.74. The average molecular weight is 207 g/mol. The van der Waals surface area contributed by atoms with Crippen LogP contribution in [0.4, 0.5) is 5.95 Å². The third kappa shape index (κ3) is 2.74. The average Bonchev–Trinajstić information content (AvgIpc) is 2.48. The van der Waals surface area contributed by atoms with Gasteiger partial charge >= 0.3 is 0 Å². The first-order valence-corrected chi connectivity index (χ1v) is 5.99. The maximum absolute atomic E-state index is 4.31. The molecule has 0 spiro atoms. The van der Waals surface area contributed by atoms with Crippen LogP contribution in [0.3, 0.4) is 0 Å². The molecule has 0 aliphatic heterocycles. The van der Waals surface area contributed by atoms with Crippen molar-refractivity contribution in [2.45, 2.75) is 45.1 Å². The second-order valence-corrected chi connectivity index (χ2v) is 4.82. The van der Waals surface area contributed by atoms with Crippen LogP contribution in [0, 0.1) is 5.92 Å². The Morgan fingerprint density at radius 1 is 1.33 bits per heavy atom. The number of aromatic nitrogens is 2. The van der Waals surface area contributed by atoms with E-state index in [1.807, 2.05) is 24.0 Å². The molecule has 15 heavy (non-hydrogen) atoms. The minimum absolute atomic E-state index is 0.621. The molecule has 0 saturated heterocycles. The maximum Gasteiger partial charge on any atom is 0.202 e. The maximum atomic E-state index is 4.31. The quantitative estimate of drug-likeness (QED) is 0.756. The molecule has 1 aromatic heterocycles. The van der Waals surface area contributed by atoms with Crippen LogP contribution in [0.25, 0.3) is 0 Å². The summed E-state index contributed by atoms with van der Waals surface area (Å²) in [5, 5.41) is 3.54. The van der Waals surface area contributed by atoms with Crippen molar-refractivity contribution in [1.29, 1.82) is 0 Å². The van der Waals surface area contributed by atoms with E-state index in [1.54, 1.807) is 0 Å². The van der Waals surface area contributed by atoms with Gasteiger partial charge in [0.25, 0.3) is 0 Å². The zero-order chi connectivity index (χ0) is 10.7. The van der Waals surface area contributed by atoms with Crippen molar-refractivity contribution in [1.82, 2.24) is 9.55 Å². The molecule has 2 atom stereocenters. The van der Waals surface area contributed by atoms with Gasteiger partial charge in [-0.1, -0.05) is 19.8 Å². The lowest BCUT2D eigenvalue weighted by Gasteiger charge is -2.16. The van der Waals surface area contributed by atoms with E-state index in [0.29, 0.717) is 6.04 Å². The molecule has 2 rings (SSSR count). The molecule has 1 fully saturated rings. The molecule has 1 heterocycles. The van der Waals surface area contributed by atoms with Crippen molar-refractivity contribution in [3.05, 3.63) is 12.4 Å². The predicted molar refractivity (Wildman–Crippen MR) is 62.9 cm³/mol. The third-order valence-corrected chi connectivity index (χ3v) is 3.41. The topological polar surface area (TPSA) is 29.9 Å². The lowest BCUT2D eigenvalue weighted by molar-refractivity contribution is 0.501. The highest BCUT2D eigenvalue weighted by Gasteiger charge is 2.16. The first kappa shape index (κ1) is 10.5. The summed E-state index contributed by atoms with van der Waals surface area (Å²) in [6.07, 6.45) is 10.5. The Kier molecular flexibility index (Phi) is 3.29. The number of aryl methyl sites for hydroxylation is 1. The van der Waals surface area contributed by atoms with E-state index in [1.165, 1.54) is 32.1 Å². The first-order chi connectivity index (χ1) is 7.25. The van der Waals surface area contributed by atoms with Crippen LogP contribution in [-0.4, -0.2) is 15.6 Å². The Bertz CT molecular complexity index is 306. The van der Waals surface area contributed by atoms with Gasteiger partial charge in [-0.25, -0.2) is 4.98 Å². The van der Waals surface area contributed by atoms with Crippen LogP contribution in [0.1, 0.15) is 39.0 Å². The molecule has 0 bridgehead atoms. The molecule has 0 aromatic carbocycles. The van der Waals surface area contributed by atoms with Gasteiger partial charge in [-0.15, -0.1) is 0 Å². The van der Waals surface area contributed by atoms with Crippen LogP contribution in [-0.2, 0) is 7.05 Å². The largest absolute Gasteiger partial charge is 0.353 e. The monoisotopic (exact) mass is 207 g/mol. The highest BCUT2D eigenvalue weighted by atomic mass is 15.2. The van der Waals surface area contributed by atoms with E-state index in [0.717, 1.165) is 11.9 Å². The van der Waals surface area contributed by atoms with Gasteiger partial charge in [-0.2, -0.15) is 0 Å². The number of hydrogen-bond acceptors (Lipinski definition) is 2. The molecular formula is C12H21N3. The highest BCUT2D eigenvalue weighted by molar-refractivity contribution is 5.27. The summed E-state index contributed by atoms with van der Waals surface area (Å²) in [5.41, 5.74) is 0. The first-order valence-electron chi connectivity index (χ1n) is 5.99. The standard InChI is InChI=1S/C12H21N3/c1-10-4-3-5-11(7-6-10)14-12-13-8-9-15(12)2/h8-11H,3-7H2,1-2H3,(H,13,14). The molecule has 1 aliphatic rings. The number of hydrogen-bond donors (Lipinski definition) is 1. The molecule has 1 aliphatic carbocycles. The van der Waals surface area contributed by atoms with Gasteiger partial charge in [-0.3, -0.25) is 0 Å². The number of nitrogens with one attached hydrogen (secondary N) is 1. The highest BCUT2D eigenvalue weighted by Crippen LogP contribution is 2.24. The Hall–Kier alpha value is -0.990. The molecule has 2 unspecified atom stereocenters. The Morgan fingerprint density at radius 3 is 2.93 bits per heavy atom. The number of nitrogens with zero attached hydrogens (tertiary/aromatic N) is 2. The Balaban J connectivity index is 1.92. The van der Waals surface area contributed by atoms with Crippen LogP contribution < -0.4 is 5.32 Å². The van der Waals surface area contributed by atoms with Gasteiger partial charge in [0.15, 0.2) is 0 Å². The van der Waals surface area contributed by atoms with E-state index in [-0.39, 0.29) is 0 Å². The van der Waals surface area contributed by atoms with Crippen LogP contribution in [0.2, 0.25) is 0 Å². The molecule has 0 amide bonds. The SMILES string of the molecule is CC1CCCC(Nc2nccn2C)CC1. The van der Waals surface area contributed by atoms with E-state index in [4.69, 9.17) is 0 Å². The summed E-state index contributed by atoms with van der Waals surface area (Å²) in [6.45, 7) is 2.36. The van der Waals surface area contributed by atoms with E-state index < -0.39 is 0 Å². The molecule has 1 N–H and O–H groups in total. The smallest absolute Gasteiger partial charge is 0.202 e. The number of rotatable bonds is 2. The Labute approximate surface area is 91.9 Å². The summed E-state index contributed by atoms with van der Waals surface area (Å²) in [4.78, 5) is 4.31. The molecular weight excluding hydrogens is 186 g/mol. The van der Waals surface area contributed by atoms with Crippen molar-refractivity contribution in [3.8, 4) is 0 Å². The summed E-state index contributed by atoms with van der Waals surface area (Å²) < 4.78 is 2.05. The van der Waals surface area contributed by atoms with E-state index >= 15 is 0 Å². The summed E-state index contributed by atoms with van der Waals surface area (Å²) in [7, 11) is 2.04. The van der Waals surface area contributed by atoms with Crippen molar-refractivity contribution >= 4 is 5.95 Å². The second-order valence-electron chi connectivity index (χ2n) is 4.82. The number of anilines is 1. The van der Waals surface area contributed by atoms with Gasteiger partial charge in [0.2, 0.25) is 5.95 Å². The summed E-state index contributed by atoms with van der Waals surface area (Å²) in [6, 6.07) is 0.621.